The molecule has 1 aliphatic carbocycles. The van der Waals surface area contributed by atoms with Crippen LogP contribution in [0, 0.1) is 0 Å². The monoisotopic (exact) mass is 456 g/mol. The zero-order chi connectivity index (χ0) is 22.6. The third-order valence-corrected chi connectivity index (χ3v) is 6.59. The minimum absolute atomic E-state index is 0.0875. The predicted octanol–water partition coefficient (Wildman–Crippen LogP) is 7.08. The summed E-state index contributed by atoms with van der Waals surface area (Å²) in [6.07, 6.45) is 15.8. The van der Waals surface area contributed by atoms with Crippen LogP contribution in [0.1, 0.15) is 84.0 Å². The molecule has 0 aromatic rings. The molecular weight excluding hydrogens is 416 g/mol. The summed E-state index contributed by atoms with van der Waals surface area (Å²) in [5.74, 6) is -0.257. The lowest BCUT2D eigenvalue weighted by Gasteiger charge is -2.36. The van der Waals surface area contributed by atoms with Crippen LogP contribution in [0.25, 0.3) is 0 Å². The molecule has 30 heavy (non-hydrogen) atoms. The maximum atomic E-state index is 12.8. The zero-order valence-corrected chi connectivity index (χ0v) is 21.4. The first-order valence-electron chi connectivity index (χ1n) is 11.6. The summed E-state index contributed by atoms with van der Waals surface area (Å²) in [7, 11) is -0.488. The third-order valence-electron chi connectivity index (χ3n) is 5.33. The van der Waals surface area contributed by atoms with Gasteiger partial charge in [-0.2, -0.15) is 0 Å². The molecule has 0 heterocycles. The van der Waals surface area contributed by atoms with Crippen molar-refractivity contribution in [3.05, 3.63) is 22.8 Å². The summed E-state index contributed by atoms with van der Waals surface area (Å²) in [5.41, 5.74) is 0.0477. The lowest BCUT2D eigenvalue weighted by Crippen LogP contribution is -2.42. The summed E-state index contributed by atoms with van der Waals surface area (Å²) >= 11 is 6.32. The number of unbranched alkanes of at least 4 members (excludes halogenated alkanes) is 8. The van der Waals surface area contributed by atoms with Crippen LogP contribution in [0.5, 0.6) is 0 Å². The van der Waals surface area contributed by atoms with Crippen molar-refractivity contribution in [3.8, 4) is 0 Å². The summed E-state index contributed by atoms with van der Waals surface area (Å²) in [6, 6.07) is 0. The first kappa shape index (κ1) is 27.1. The Kier molecular flexibility index (Phi) is 12.2. The van der Waals surface area contributed by atoms with Crippen LogP contribution in [-0.4, -0.2) is 32.8 Å². The Morgan fingerprint density at radius 2 is 1.70 bits per heavy atom. The summed E-state index contributed by atoms with van der Waals surface area (Å²) in [5, 5.41) is 0.288. The highest BCUT2D eigenvalue weighted by molar-refractivity contribution is 6.70. The van der Waals surface area contributed by atoms with Crippen LogP contribution >= 0.6 is 11.6 Å². The number of ketones is 1. The number of rotatable bonds is 15. The fourth-order valence-corrected chi connectivity index (χ4v) is 5.57. The molecule has 6 heteroatoms. The van der Waals surface area contributed by atoms with Gasteiger partial charge in [-0.1, -0.05) is 63.1 Å². The third kappa shape index (κ3) is 9.48. The molecule has 0 saturated carbocycles. The highest BCUT2D eigenvalue weighted by Gasteiger charge is 2.45. The molecule has 4 nitrogen and oxygen atoms in total. The molecule has 0 fully saturated rings. The Hall–Kier alpha value is -0.913. The fraction of sp³-hybridized carbons (Fsp3) is 0.750. The average Bonchev–Trinajstić information content (AvgIpc) is 2.89. The number of hydrogen-bond acceptors (Lipinski definition) is 4. The highest BCUT2D eigenvalue weighted by Crippen LogP contribution is 2.42. The van der Waals surface area contributed by atoms with Gasteiger partial charge in [0.1, 0.15) is 5.60 Å². The topological polar surface area (TPSA) is 52.6 Å². The summed E-state index contributed by atoms with van der Waals surface area (Å²) in [4.78, 5) is 24.1. The Balaban J connectivity index is 2.79. The fourth-order valence-electron chi connectivity index (χ4n) is 3.93. The van der Waals surface area contributed by atoms with Crippen molar-refractivity contribution in [2.75, 3.05) is 7.11 Å². The van der Waals surface area contributed by atoms with E-state index in [1.54, 1.807) is 0 Å². The normalized spacial score (nSPS) is 20.7. The van der Waals surface area contributed by atoms with E-state index < -0.39 is 13.9 Å². The Bertz CT molecular complexity index is 621. The van der Waals surface area contributed by atoms with Gasteiger partial charge in [0.25, 0.3) is 0 Å². The van der Waals surface area contributed by atoms with Gasteiger partial charge in [0.2, 0.25) is 5.78 Å². The molecule has 1 rings (SSSR count). The number of methoxy groups -OCH3 is 1. The lowest BCUT2D eigenvalue weighted by atomic mass is 9.89. The van der Waals surface area contributed by atoms with E-state index in [1.807, 2.05) is 12.2 Å². The van der Waals surface area contributed by atoms with Crippen LogP contribution in [-0.2, 0) is 18.8 Å². The van der Waals surface area contributed by atoms with Crippen LogP contribution in [0.2, 0.25) is 19.6 Å². The maximum Gasteiger partial charge on any atom is 0.305 e. The van der Waals surface area contributed by atoms with Crippen molar-refractivity contribution < 1.29 is 18.8 Å². The van der Waals surface area contributed by atoms with Crippen molar-refractivity contribution in [2.45, 2.75) is 109 Å². The molecule has 0 spiro atoms. The van der Waals surface area contributed by atoms with Gasteiger partial charge in [-0.15, -0.1) is 0 Å². The molecule has 0 N–H and O–H groups in total. The minimum atomic E-state index is -1.90. The number of Topliss-reactive ketones (excluding diaryl/α,β-unsaturated/α-hetero) is 1. The molecule has 0 aliphatic heterocycles. The molecule has 1 unspecified atom stereocenters. The van der Waals surface area contributed by atoms with Crippen LogP contribution < -0.4 is 0 Å². The number of carbonyl (C=O) groups excluding carboxylic acids is 2. The maximum absolute atomic E-state index is 12.8. The lowest BCUT2D eigenvalue weighted by molar-refractivity contribution is -0.140. The van der Waals surface area contributed by atoms with Gasteiger partial charge in [0.15, 0.2) is 8.32 Å². The second-order valence-corrected chi connectivity index (χ2v) is 14.1. The molecule has 172 valence electrons. The van der Waals surface area contributed by atoms with E-state index in [1.165, 1.54) is 32.8 Å². The van der Waals surface area contributed by atoms with Gasteiger partial charge >= 0.3 is 5.97 Å². The number of carbonyl (C=O) groups is 2. The van der Waals surface area contributed by atoms with E-state index in [-0.39, 0.29) is 16.8 Å². The van der Waals surface area contributed by atoms with Crippen LogP contribution in [0.4, 0.5) is 0 Å². The Labute approximate surface area is 189 Å². The molecule has 0 radical (unpaired) electrons. The van der Waals surface area contributed by atoms with Crippen molar-refractivity contribution in [1.29, 1.82) is 0 Å². The Morgan fingerprint density at radius 1 is 1.07 bits per heavy atom. The second-order valence-electron chi connectivity index (χ2n) is 9.24. The minimum Gasteiger partial charge on any atom is -0.469 e. The highest BCUT2D eigenvalue weighted by atomic mass is 35.5. The summed E-state index contributed by atoms with van der Waals surface area (Å²) in [6.45, 7) is 8.70. The van der Waals surface area contributed by atoms with Crippen LogP contribution in [0.15, 0.2) is 22.8 Å². The second kappa shape index (κ2) is 13.5. The molecule has 1 atom stereocenters. The summed E-state index contributed by atoms with van der Waals surface area (Å²) < 4.78 is 11.3. The average molecular weight is 457 g/mol. The molecular formula is C24H41ClO4Si. The molecule has 0 amide bonds. The molecule has 0 saturated heterocycles. The smallest absolute Gasteiger partial charge is 0.305 e. The number of esters is 1. The van der Waals surface area contributed by atoms with Gasteiger partial charge in [-0.25, -0.2) is 0 Å². The van der Waals surface area contributed by atoms with Gasteiger partial charge < -0.3 is 9.16 Å². The molecule has 0 bridgehead atoms. The first-order valence-corrected chi connectivity index (χ1v) is 15.3. The van der Waals surface area contributed by atoms with E-state index in [9.17, 15) is 9.59 Å². The molecule has 1 aliphatic rings. The number of allylic oxidation sites excluding steroid dienone is 2. The largest absolute Gasteiger partial charge is 0.469 e. The van der Waals surface area contributed by atoms with Crippen LogP contribution in [0.3, 0.4) is 0 Å². The van der Waals surface area contributed by atoms with Crippen molar-refractivity contribution in [2.24, 2.45) is 0 Å². The van der Waals surface area contributed by atoms with Crippen molar-refractivity contribution in [1.82, 2.24) is 0 Å². The standard InChI is InChI=1S/C24H41ClO4Si/c1-6-7-8-9-12-15-18-24(29-30(3,4)5)19-21(25)23(27)20(24)16-13-10-11-14-17-22(26)28-2/h16,19H,6-15,17-18H2,1-5H3/b20-16+. The zero-order valence-electron chi connectivity index (χ0n) is 19.7. The van der Waals surface area contributed by atoms with Gasteiger partial charge in [0, 0.05) is 12.0 Å². The Morgan fingerprint density at radius 3 is 2.33 bits per heavy atom. The van der Waals surface area contributed by atoms with E-state index in [2.05, 4.69) is 31.3 Å². The number of halogens is 1. The van der Waals surface area contributed by atoms with Gasteiger partial charge in [0.05, 0.1) is 12.1 Å². The van der Waals surface area contributed by atoms with E-state index in [4.69, 9.17) is 16.0 Å². The number of ether oxygens (including phenoxy) is 1. The van der Waals surface area contributed by atoms with Gasteiger partial charge in [-0.05, 0) is 57.8 Å². The van der Waals surface area contributed by atoms with E-state index in [0.29, 0.717) is 6.42 Å². The SMILES string of the molecule is CCCCCCCCC1(O[Si](C)(C)C)C=C(Cl)C(=O)/C1=C\CCCCCC(=O)OC. The van der Waals surface area contributed by atoms with E-state index in [0.717, 1.165) is 50.5 Å². The van der Waals surface area contributed by atoms with Crippen molar-refractivity contribution >= 4 is 31.7 Å². The number of hydrogen-bond donors (Lipinski definition) is 0. The first-order chi connectivity index (χ1) is 14.1. The van der Waals surface area contributed by atoms with Crippen molar-refractivity contribution in [3.63, 3.8) is 0 Å². The predicted molar refractivity (Wildman–Crippen MR) is 127 cm³/mol. The quantitative estimate of drug-likeness (QED) is 0.114. The van der Waals surface area contributed by atoms with E-state index >= 15 is 0 Å². The molecule has 0 aromatic heterocycles. The van der Waals surface area contributed by atoms with Gasteiger partial charge in [-0.3, -0.25) is 9.59 Å². The molecule has 0 aromatic carbocycles.